The summed E-state index contributed by atoms with van der Waals surface area (Å²) in [6, 6.07) is 15.4. The van der Waals surface area contributed by atoms with E-state index >= 15 is 0 Å². The topological polar surface area (TPSA) is 60.2 Å². The lowest BCUT2D eigenvalue weighted by atomic mass is 9.81. The summed E-state index contributed by atoms with van der Waals surface area (Å²) in [4.78, 5) is 0.474. The molecule has 1 aliphatic rings. The van der Waals surface area contributed by atoms with E-state index in [0.717, 1.165) is 16.7 Å². The zero-order chi connectivity index (χ0) is 15.0. The molecule has 3 rings (SSSR count). The minimum Gasteiger partial charge on any atom is -0.330 e. The molecule has 2 aromatic carbocycles. The van der Waals surface area contributed by atoms with E-state index in [1.54, 1.807) is 12.1 Å². The predicted molar refractivity (Wildman–Crippen MR) is 84.2 cm³/mol. The first-order valence-corrected chi connectivity index (χ1v) is 8.77. The molecule has 2 unspecified atom stereocenters. The van der Waals surface area contributed by atoms with Crippen molar-refractivity contribution in [1.82, 2.24) is 0 Å². The minimum absolute atomic E-state index is 0.0321. The Morgan fingerprint density at radius 3 is 2.52 bits per heavy atom. The molecular formula is C17H19NO2S. The van der Waals surface area contributed by atoms with Crippen LogP contribution < -0.4 is 5.73 Å². The summed E-state index contributed by atoms with van der Waals surface area (Å²) < 4.78 is 24.7. The van der Waals surface area contributed by atoms with Gasteiger partial charge < -0.3 is 5.73 Å². The average molecular weight is 301 g/mol. The van der Waals surface area contributed by atoms with E-state index < -0.39 is 9.84 Å². The van der Waals surface area contributed by atoms with Crippen LogP contribution in [0, 0.1) is 6.92 Å². The van der Waals surface area contributed by atoms with Crippen molar-refractivity contribution in [3.63, 3.8) is 0 Å². The molecule has 2 atom stereocenters. The molecule has 0 amide bonds. The fourth-order valence-electron chi connectivity index (χ4n) is 3.33. The van der Waals surface area contributed by atoms with Crippen LogP contribution in [0.1, 0.15) is 28.5 Å². The first-order chi connectivity index (χ1) is 10.0. The molecule has 0 aliphatic carbocycles. The van der Waals surface area contributed by atoms with E-state index in [4.69, 9.17) is 5.73 Å². The smallest absolute Gasteiger partial charge is 0.179 e. The molecule has 0 spiro atoms. The highest BCUT2D eigenvalue weighted by Crippen LogP contribution is 2.43. The maximum atomic E-state index is 12.4. The van der Waals surface area contributed by atoms with Crippen molar-refractivity contribution in [3.05, 3.63) is 65.2 Å². The SMILES string of the molecule is Cc1ccccc1C(CN)C1CS(=O)(=O)c2ccccc21. The van der Waals surface area contributed by atoms with Gasteiger partial charge in [-0.1, -0.05) is 42.5 Å². The predicted octanol–water partition coefficient (Wildman–Crippen LogP) is 2.61. The molecule has 0 saturated heterocycles. The third-order valence-electron chi connectivity index (χ3n) is 4.38. The van der Waals surface area contributed by atoms with Crippen LogP contribution in [0.25, 0.3) is 0 Å². The van der Waals surface area contributed by atoms with Gasteiger partial charge in [-0.2, -0.15) is 0 Å². The second-order valence-electron chi connectivity index (χ2n) is 5.62. The van der Waals surface area contributed by atoms with Gasteiger partial charge in [0.05, 0.1) is 10.6 Å². The minimum atomic E-state index is -3.19. The van der Waals surface area contributed by atoms with E-state index in [1.165, 1.54) is 0 Å². The number of hydrogen-bond donors (Lipinski definition) is 1. The monoisotopic (exact) mass is 301 g/mol. The third kappa shape index (κ3) is 2.39. The summed E-state index contributed by atoms with van der Waals surface area (Å²) in [5.41, 5.74) is 9.23. The number of fused-ring (bicyclic) bond motifs is 1. The van der Waals surface area contributed by atoms with Crippen LogP contribution >= 0.6 is 0 Å². The van der Waals surface area contributed by atoms with Gasteiger partial charge in [0, 0.05) is 11.8 Å². The van der Waals surface area contributed by atoms with Gasteiger partial charge in [0.1, 0.15) is 0 Å². The standard InChI is InChI=1S/C17H19NO2S/c1-12-6-2-3-7-13(12)15(10-18)16-11-21(19,20)17-9-5-4-8-14(16)17/h2-9,15-16H,10-11,18H2,1H3. The molecule has 0 fully saturated rings. The van der Waals surface area contributed by atoms with Crippen molar-refractivity contribution < 1.29 is 8.42 Å². The van der Waals surface area contributed by atoms with Crippen LogP contribution in [-0.2, 0) is 9.84 Å². The molecule has 2 N–H and O–H groups in total. The van der Waals surface area contributed by atoms with Crippen molar-refractivity contribution in [2.24, 2.45) is 5.73 Å². The Labute approximate surface area is 125 Å². The first kappa shape index (κ1) is 14.3. The van der Waals surface area contributed by atoms with Gasteiger partial charge in [-0.3, -0.25) is 0 Å². The average Bonchev–Trinajstić information content (AvgIpc) is 2.74. The normalized spacial score (nSPS) is 21.0. The summed E-state index contributed by atoms with van der Waals surface area (Å²) in [6.45, 7) is 2.49. The molecular weight excluding hydrogens is 282 g/mol. The maximum absolute atomic E-state index is 12.4. The van der Waals surface area contributed by atoms with Gasteiger partial charge in [0.2, 0.25) is 0 Å². The Hall–Kier alpha value is -1.65. The molecule has 3 nitrogen and oxygen atoms in total. The van der Waals surface area contributed by atoms with E-state index in [0.29, 0.717) is 11.4 Å². The molecule has 1 heterocycles. The largest absolute Gasteiger partial charge is 0.330 e. The molecule has 0 bridgehead atoms. The van der Waals surface area contributed by atoms with Gasteiger partial charge in [-0.15, -0.1) is 0 Å². The fraction of sp³-hybridized carbons (Fsp3) is 0.294. The Bertz CT molecular complexity index is 768. The lowest BCUT2D eigenvalue weighted by Crippen LogP contribution is -2.22. The molecule has 21 heavy (non-hydrogen) atoms. The summed E-state index contributed by atoms with van der Waals surface area (Å²) in [6.07, 6.45) is 0. The van der Waals surface area contributed by atoms with Crippen molar-refractivity contribution in [2.45, 2.75) is 23.7 Å². The number of nitrogens with two attached hydrogens (primary N) is 1. The van der Waals surface area contributed by atoms with E-state index in [-0.39, 0.29) is 17.6 Å². The summed E-state index contributed by atoms with van der Waals surface area (Å²) >= 11 is 0. The van der Waals surface area contributed by atoms with E-state index in [2.05, 4.69) is 6.07 Å². The molecule has 1 aliphatic heterocycles. The highest BCUT2D eigenvalue weighted by molar-refractivity contribution is 7.91. The van der Waals surface area contributed by atoms with Crippen molar-refractivity contribution in [3.8, 4) is 0 Å². The second kappa shape index (κ2) is 5.28. The highest BCUT2D eigenvalue weighted by Gasteiger charge is 2.39. The van der Waals surface area contributed by atoms with Gasteiger partial charge in [-0.25, -0.2) is 8.42 Å². The van der Waals surface area contributed by atoms with Crippen LogP contribution in [0.3, 0.4) is 0 Å². The van der Waals surface area contributed by atoms with E-state index in [9.17, 15) is 8.42 Å². The number of hydrogen-bond acceptors (Lipinski definition) is 3. The van der Waals surface area contributed by atoms with Crippen molar-refractivity contribution >= 4 is 9.84 Å². The van der Waals surface area contributed by atoms with Crippen LogP contribution in [-0.4, -0.2) is 20.7 Å². The summed E-state index contributed by atoms with van der Waals surface area (Å²) in [5, 5.41) is 0. The Balaban J connectivity index is 2.10. The highest BCUT2D eigenvalue weighted by atomic mass is 32.2. The van der Waals surface area contributed by atoms with Crippen molar-refractivity contribution in [1.29, 1.82) is 0 Å². The fourth-order valence-corrected chi connectivity index (χ4v) is 5.26. The second-order valence-corrected chi connectivity index (χ2v) is 7.63. The van der Waals surface area contributed by atoms with Crippen LogP contribution in [0.4, 0.5) is 0 Å². The van der Waals surface area contributed by atoms with Gasteiger partial charge >= 0.3 is 0 Å². The third-order valence-corrected chi connectivity index (χ3v) is 6.22. The Kier molecular flexibility index (Phi) is 3.59. The van der Waals surface area contributed by atoms with E-state index in [1.807, 2.05) is 37.3 Å². The Morgan fingerprint density at radius 2 is 1.81 bits per heavy atom. The van der Waals surface area contributed by atoms with Gasteiger partial charge in [-0.05, 0) is 36.2 Å². The van der Waals surface area contributed by atoms with Crippen LogP contribution in [0.2, 0.25) is 0 Å². The zero-order valence-electron chi connectivity index (χ0n) is 12.0. The summed E-state index contributed by atoms with van der Waals surface area (Å²) in [5.74, 6) is 0.129. The van der Waals surface area contributed by atoms with Gasteiger partial charge in [0.15, 0.2) is 9.84 Å². The molecule has 2 aromatic rings. The molecule has 0 radical (unpaired) electrons. The number of rotatable bonds is 3. The molecule has 0 saturated carbocycles. The molecule has 0 aromatic heterocycles. The lowest BCUT2D eigenvalue weighted by Gasteiger charge is -2.24. The number of aryl methyl sites for hydroxylation is 1. The first-order valence-electron chi connectivity index (χ1n) is 7.12. The maximum Gasteiger partial charge on any atom is 0.179 e. The number of benzene rings is 2. The zero-order valence-corrected chi connectivity index (χ0v) is 12.8. The lowest BCUT2D eigenvalue weighted by molar-refractivity contribution is 0.571. The van der Waals surface area contributed by atoms with Gasteiger partial charge in [0.25, 0.3) is 0 Å². The van der Waals surface area contributed by atoms with Crippen LogP contribution in [0.5, 0.6) is 0 Å². The number of sulfone groups is 1. The Morgan fingerprint density at radius 1 is 1.14 bits per heavy atom. The van der Waals surface area contributed by atoms with Crippen molar-refractivity contribution in [2.75, 3.05) is 12.3 Å². The molecule has 4 heteroatoms. The quantitative estimate of drug-likeness (QED) is 0.948. The molecule has 110 valence electrons. The summed E-state index contributed by atoms with van der Waals surface area (Å²) in [7, 11) is -3.19. The van der Waals surface area contributed by atoms with Crippen LogP contribution in [0.15, 0.2) is 53.4 Å².